The lowest BCUT2D eigenvalue weighted by Gasteiger charge is -2.05. The van der Waals surface area contributed by atoms with Gasteiger partial charge in [-0.3, -0.25) is 4.79 Å². The van der Waals surface area contributed by atoms with Crippen molar-refractivity contribution in [3.63, 3.8) is 0 Å². The SMILES string of the molecule is Cc1ccc(-n2ncc3c4ccccc4n(C)c3c2=O)cc1. The number of fused-ring (bicyclic) bond motifs is 3. The molecule has 4 rings (SSSR count). The summed E-state index contributed by atoms with van der Waals surface area (Å²) >= 11 is 0. The number of rotatable bonds is 1. The number of aryl methyl sites for hydroxylation is 2. The molecule has 0 saturated heterocycles. The fourth-order valence-electron chi connectivity index (χ4n) is 2.95. The smallest absolute Gasteiger partial charge is 0.296 e. The molecule has 4 aromatic rings. The van der Waals surface area contributed by atoms with E-state index in [9.17, 15) is 4.79 Å². The Kier molecular flexibility index (Phi) is 2.66. The minimum absolute atomic E-state index is 0.0972. The molecular formula is C18H15N3O. The molecule has 0 fully saturated rings. The van der Waals surface area contributed by atoms with Gasteiger partial charge < -0.3 is 4.57 Å². The zero-order valence-electron chi connectivity index (χ0n) is 12.4. The van der Waals surface area contributed by atoms with Crippen molar-refractivity contribution >= 4 is 21.8 Å². The summed E-state index contributed by atoms with van der Waals surface area (Å²) in [6.45, 7) is 2.02. The Balaban J connectivity index is 2.10. The molecule has 0 spiro atoms. The van der Waals surface area contributed by atoms with E-state index >= 15 is 0 Å². The van der Waals surface area contributed by atoms with Crippen molar-refractivity contribution in [2.45, 2.75) is 6.92 Å². The van der Waals surface area contributed by atoms with Crippen LogP contribution in [0, 0.1) is 6.92 Å². The molecule has 2 aromatic carbocycles. The number of para-hydroxylation sites is 1. The maximum absolute atomic E-state index is 12.9. The van der Waals surface area contributed by atoms with Crippen LogP contribution in [-0.2, 0) is 7.05 Å². The Morgan fingerprint density at radius 3 is 2.45 bits per heavy atom. The van der Waals surface area contributed by atoms with Gasteiger partial charge in [0, 0.05) is 23.3 Å². The molecule has 0 bridgehead atoms. The quantitative estimate of drug-likeness (QED) is 0.540. The predicted octanol–water partition coefficient (Wildman–Crippen LogP) is 3.19. The van der Waals surface area contributed by atoms with Gasteiger partial charge in [0.05, 0.1) is 11.9 Å². The minimum atomic E-state index is -0.0972. The van der Waals surface area contributed by atoms with E-state index in [4.69, 9.17) is 0 Å². The van der Waals surface area contributed by atoms with Crippen LogP contribution in [0.15, 0.2) is 59.5 Å². The lowest BCUT2D eigenvalue weighted by molar-refractivity contribution is 0.811. The molecule has 0 amide bonds. The van der Waals surface area contributed by atoms with E-state index in [-0.39, 0.29) is 5.56 Å². The monoisotopic (exact) mass is 289 g/mol. The zero-order chi connectivity index (χ0) is 15.3. The second kappa shape index (κ2) is 4.56. The largest absolute Gasteiger partial charge is 0.339 e. The number of hydrogen-bond donors (Lipinski definition) is 0. The van der Waals surface area contributed by atoms with Crippen LogP contribution >= 0.6 is 0 Å². The molecule has 4 nitrogen and oxygen atoms in total. The number of nitrogens with zero attached hydrogens (tertiary/aromatic N) is 3. The first-order valence-electron chi connectivity index (χ1n) is 7.19. The van der Waals surface area contributed by atoms with Crippen molar-refractivity contribution in [1.82, 2.24) is 14.3 Å². The highest BCUT2D eigenvalue weighted by molar-refractivity contribution is 6.07. The van der Waals surface area contributed by atoms with E-state index in [0.29, 0.717) is 5.52 Å². The third kappa shape index (κ3) is 1.70. The maximum Gasteiger partial charge on any atom is 0.296 e. The number of aromatic nitrogens is 3. The first-order valence-corrected chi connectivity index (χ1v) is 7.19. The topological polar surface area (TPSA) is 39.8 Å². The molecule has 0 aliphatic rings. The minimum Gasteiger partial charge on any atom is -0.339 e. The van der Waals surface area contributed by atoms with E-state index in [1.54, 1.807) is 6.20 Å². The maximum atomic E-state index is 12.9. The summed E-state index contributed by atoms with van der Waals surface area (Å²) in [5.41, 5.74) is 3.56. The lowest BCUT2D eigenvalue weighted by atomic mass is 10.2. The van der Waals surface area contributed by atoms with E-state index in [1.165, 1.54) is 4.68 Å². The summed E-state index contributed by atoms with van der Waals surface area (Å²) in [6.07, 6.45) is 1.78. The molecule has 108 valence electrons. The fraction of sp³-hybridized carbons (Fsp3) is 0.111. The molecule has 0 aliphatic heterocycles. The Morgan fingerprint density at radius 2 is 1.68 bits per heavy atom. The standard InChI is InChI=1S/C18H15N3O/c1-12-7-9-13(10-8-12)21-18(22)17-15(11-19-21)14-5-3-4-6-16(14)20(17)2/h3-11H,1-2H3. The van der Waals surface area contributed by atoms with Gasteiger partial charge in [-0.25, -0.2) is 0 Å². The van der Waals surface area contributed by atoms with Gasteiger partial charge in [-0.2, -0.15) is 9.78 Å². The third-order valence-electron chi connectivity index (χ3n) is 4.12. The average Bonchev–Trinajstić information content (AvgIpc) is 2.83. The van der Waals surface area contributed by atoms with Gasteiger partial charge in [0.15, 0.2) is 0 Å². The second-order valence-corrected chi connectivity index (χ2v) is 5.54. The predicted molar refractivity (Wildman–Crippen MR) is 88.6 cm³/mol. The van der Waals surface area contributed by atoms with E-state index in [0.717, 1.165) is 27.5 Å². The van der Waals surface area contributed by atoms with Gasteiger partial charge in [0.25, 0.3) is 5.56 Å². The average molecular weight is 289 g/mol. The summed E-state index contributed by atoms with van der Waals surface area (Å²) in [5.74, 6) is 0. The molecular weight excluding hydrogens is 274 g/mol. The van der Waals surface area contributed by atoms with Gasteiger partial charge in [0.1, 0.15) is 5.52 Å². The normalized spacial score (nSPS) is 11.4. The van der Waals surface area contributed by atoms with Gasteiger partial charge in [-0.15, -0.1) is 0 Å². The van der Waals surface area contributed by atoms with Crippen molar-refractivity contribution in [2.24, 2.45) is 7.05 Å². The van der Waals surface area contributed by atoms with Crippen molar-refractivity contribution < 1.29 is 0 Å². The summed E-state index contributed by atoms with van der Waals surface area (Å²) in [7, 11) is 1.92. The molecule has 0 radical (unpaired) electrons. The highest BCUT2D eigenvalue weighted by Gasteiger charge is 2.14. The summed E-state index contributed by atoms with van der Waals surface area (Å²) in [4.78, 5) is 12.9. The number of hydrogen-bond acceptors (Lipinski definition) is 2. The van der Waals surface area contributed by atoms with Crippen LogP contribution in [0.2, 0.25) is 0 Å². The van der Waals surface area contributed by atoms with Crippen molar-refractivity contribution in [1.29, 1.82) is 0 Å². The van der Waals surface area contributed by atoms with Crippen molar-refractivity contribution in [3.8, 4) is 5.69 Å². The lowest BCUT2D eigenvalue weighted by Crippen LogP contribution is -2.22. The second-order valence-electron chi connectivity index (χ2n) is 5.54. The zero-order valence-corrected chi connectivity index (χ0v) is 12.4. The Hall–Kier alpha value is -2.88. The Morgan fingerprint density at radius 1 is 0.955 bits per heavy atom. The molecule has 0 saturated carbocycles. The molecule has 2 aromatic heterocycles. The van der Waals surface area contributed by atoms with E-state index < -0.39 is 0 Å². The fourth-order valence-corrected chi connectivity index (χ4v) is 2.95. The molecule has 0 atom stereocenters. The van der Waals surface area contributed by atoms with Crippen molar-refractivity contribution in [3.05, 3.63) is 70.6 Å². The molecule has 4 heteroatoms. The number of benzene rings is 2. The van der Waals surface area contributed by atoms with Crippen LogP contribution in [0.5, 0.6) is 0 Å². The van der Waals surface area contributed by atoms with Crippen LogP contribution in [0.4, 0.5) is 0 Å². The highest BCUT2D eigenvalue weighted by atomic mass is 16.1. The molecule has 2 heterocycles. The van der Waals surface area contributed by atoms with Crippen LogP contribution in [0.1, 0.15) is 5.56 Å². The molecule has 0 N–H and O–H groups in total. The van der Waals surface area contributed by atoms with Crippen LogP contribution in [0.25, 0.3) is 27.5 Å². The summed E-state index contributed by atoms with van der Waals surface area (Å²) < 4.78 is 3.40. The summed E-state index contributed by atoms with van der Waals surface area (Å²) in [5, 5.41) is 6.31. The summed E-state index contributed by atoms with van der Waals surface area (Å²) in [6, 6.07) is 15.8. The van der Waals surface area contributed by atoms with Crippen LogP contribution in [0.3, 0.4) is 0 Å². The Bertz CT molecular complexity index is 1060. The Labute approximate surface area is 127 Å². The van der Waals surface area contributed by atoms with Gasteiger partial charge in [0.2, 0.25) is 0 Å². The molecule has 22 heavy (non-hydrogen) atoms. The third-order valence-corrected chi connectivity index (χ3v) is 4.12. The highest BCUT2D eigenvalue weighted by Crippen LogP contribution is 2.25. The van der Waals surface area contributed by atoms with Crippen LogP contribution in [-0.4, -0.2) is 14.3 Å². The van der Waals surface area contributed by atoms with Gasteiger partial charge in [-0.1, -0.05) is 35.9 Å². The van der Waals surface area contributed by atoms with Crippen molar-refractivity contribution in [2.75, 3.05) is 0 Å². The molecule has 0 unspecified atom stereocenters. The van der Waals surface area contributed by atoms with Gasteiger partial charge >= 0.3 is 0 Å². The van der Waals surface area contributed by atoms with Crippen LogP contribution < -0.4 is 5.56 Å². The first-order chi connectivity index (χ1) is 10.7. The first kappa shape index (κ1) is 12.8. The molecule has 0 aliphatic carbocycles. The van der Waals surface area contributed by atoms with E-state index in [1.807, 2.05) is 67.1 Å². The van der Waals surface area contributed by atoms with Gasteiger partial charge in [-0.05, 0) is 25.1 Å². The van der Waals surface area contributed by atoms with E-state index in [2.05, 4.69) is 5.10 Å².